The average Bonchev–Trinajstić information content (AvgIpc) is 3.05. The minimum absolute atomic E-state index is 0.0612. The highest BCUT2D eigenvalue weighted by Crippen LogP contribution is 2.19. The van der Waals surface area contributed by atoms with Crippen molar-refractivity contribution in [2.45, 2.75) is 0 Å². The van der Waals surface area contributed by atoms with Crippen molar-refractivity contribution in [2.75, 3.05) is 5.73 Å². The van der Waals surface area contributed by atoms with E-state index in [1.54, 1.807) is 25.2 Å². The normalized spacial score (nSPS) is 10.7. The quantitative estimate of drug-likeness (QED) is 0.310. The molecule has 134 valence electrons. The van der Waals surface area contributed by atoms with Crippen molar-refractivity contribution in [1.29, 1.82) is 0 Å². The first kappa shape index (κ1) is 17.0. The lowest BCUT2D eigenvalue weighted by Crippen LogP contribution is -2.08. The van der Waals surface area contributed by atoms with Gasteiger partial charge < -0.3 is 14.6 Å². The summed E-state index contributed by atoms with van der Waals surface area (Å²) in [6, 6.07) is 9.11. The number of nitrogens with zero attached hydrogens (tertiary/aromatic N) is 3. The summed E-state index contributed by atoms with van der Waals surface area (Å²) in [6.07, 6.45) is 0. The van der Waals surface area contributed by atoms with Crippen molar-refractivity contribution in [3.8, 4) is 0 Å². The van der Waals surface area contributed by atoms with Crippen LogP contribution in [0.25, 0.3) is 22.2 Å². The molecule has 0 aliphatic carbocycles. The molecule has 0 atom stereocenters. The summed E-state index contributed by atoms with van der Waals surface area (Å²) in [7, 11) is 3.14. The molecule has 0 saturated carbocycles. The van der Waals surface area contributed by atoms with Crippen LogP contribution in [0.2, 0.25) is 0 Å². The molecule has 0 bridgehead atoms. The number of nitrogens with two attached hydrogens (primary N) is 1. The largest absolute Gasteiger partial charge is 0.419 e. The lowest BCUT2D eigenvalue weighted by atomic mass is 10.3. The summed E-state index contributed by atoms with van der Waals surface area (Å²) < 4.78 is 12.4. The van der Waals surface area contributed by atoms with Crippen molar-refractivity contribution in [2.24, 2.45) is 14.1 Å². The SMILES string of the molecule is Cn1c(=O)oc2ccc(N)cc21.Cn1c(=O)oc2ccc([N+](=O)[O-])cc21. The Labute approximate surface area is 144 Å². The fourth-order valence-corrected chi connectivity index (χ4v) is 2.37. The van der Waals surface area contributed by atoms with Crippen LogP contribution < -0.4 is 17.2 Å². The molecular weight excluding hydrogens is 344 g/mol. The Balaban J connectivity index is 0.000000152. The van der Waals surface area contributed by atoms with Crippen LogP contribution in [-0.4, -0.2) is 14.1 Å². The van der Waals surface area contributed by atoms with Crippen LogP contribution in [-0.2, 0) is 14.1 Å². The van der Waals surface area contributed by atoms with Crippen molar-refractivity contribution >= 4 is 33.6 Å². The molecule has 4 rings (SSSR count). The number of aryl methyl sites for hydroxylation is 2. The van der Waals surface area contributed by atoms with Gasteiger partial charge >= 0.3 is 11.5 Å². The third kappa shape index (κ3) is 2.95. The maximum atomic E-state index is 11.0. The number of fused-ring (bicyclic) bond motifs is 2. The van der Waals surface area contributed by atoms with E-state index < -0.39 is 10.7 Å². The molecule has 2 aromatic carbocycles. The Hall–Kier alpha value is -3.82. The van der Waals surface area contributed by atoms with Crippen LogP contribution in [0.1, 0.15) is 0 Å². The van der Waals surface area contributed by atoms with Gasteiger partial charge in [0.25, 0.3) is 5.69 Å². The van der Waals surface area contributed by atoms with Crippen molar-refractivity contribution < 1.29 is 13.8 Å². The molecule has 10 heteroatoms. The van der Waals surface area contributed by atoms with Gasteiger partial charge in [-0.2, -0.15) is 0 Å². The van der Waals surface area contributed by atoms with E-state index in [1.807, 2.05) is 0 Å². The van der Waals surface area contributed by atoms with Gasteiger partial charge in [0.15, 0.2) is 11.2 Å². The zero-order valence-corrected chi connectivity index (χ0v) is 13.8. The first-order valence-corrected chi connectivity index (χ1v) is 7.37. The number of hydrogen-bond acceptors (Lipinski definition) is 7. The van der Waals surface area contributed by atoms with Crippen LogP contribution in [0.15, 0.2) is 54.8 Å². The number of nitrogen functional groups attached to an aromatic ring is 1. The summed E-state index contributed by atoms with van der Waals surface area (Å²) in [6.45, 7) is 0. The van der Waals surface area contributed by atoms with E-state index in [9.17, 15) is 19.7 Å². The molecule has 0 saturated heterocycles. The highest BCUT2D eigenvalue weighted by molar-refractivity contribution is 5.77. The number of nitro benzene ring substituents is 1. The molecule has 0 fully saturated rings. The molecule has 2 N–H and O–H groups in total. The second-order valence-electron chi connectivity index (χ2n) is 5.49. The van der Waals surface area contributed by atoms with E-state index in [0.29, 0.717) is 22.4 Å². The molecular formula is C16H14N4O6. The Morgan fingerprint density at radius 3 is 1.96 bits per heavy atom. The van der Waals surface area contributed by atoms with Crippen molar-refractivity contribution in [3.05, 3.63) is 67.6 Å². The number of rotatable bonds is 1. The number of anilines is 1. The lowest BCUT2D eigenvalue weighted by molar-refractivity contribution is -0.384. The molecule has 10 nitrogen and oxygen atoms in total. The number of nitro groups is 1. The zero-order chi connectivity index (χ0) is 19.0. The van der Waals surface area contributed by atoms with Crippen LogP contribution in [0.5, 0.6) is 0 Å². The molecule has 0 amide bonds. The van der Waals surface area contributed by atoms with Gasteiger partial charge in [-0.15, -0.1) is 0 Å². The van der Waals surface area contributed by atoms with Crippen molar-refractivity contribution in [1.82, 2.24) is 9.13 Å². The summed E-state index contributed by atoms with van der Waals surface area (Å²) >= 11 is 0. The second-order valence-corrected chi connectivity index (χ2v) is 5.49. The maximum Gasteiger partial charge on any atom is 0.419 e. The van der Waals surface area contributed by atoms with E-state index in [0.717, 1.165) is 5.52 Å². The number of aromatic nitrogens is 2. The molecule has 0 aliphatic heterocycles. The number of benzene rings is 2. The van der Waals surface area contributed by atoms with Gasteiger partial charge in [-0.25, -0.2) is 9.59 Å². The Morgan fingerprint density at radius 2 is 1.42 bits per heavy atom. The van der Waals surface area contributed by atoms with Gasteiger partial charge in [-0.05, 0) is 24.3 Å². The monoisotopic (exact) mass is 358 g/mol. The van der Waals surface area contributed by atoms with Gasteiger partial charge in [0.1, 0.15) is 0 Å². The van der Waals surface area contributed by atoms with Crippen LogP contribution in [0.4, 0.5) is 11.4 Å². The third-order valence-corrected chi connectivity index (χ3v) is 3.80. The maximum absolute atomic E-state index is 11.0. The number of non-ortho nitro benzene ring substituents is 1. The van der Waals surface area contributed by atoms with E-state index in [2.05, 4.69) is 0 Å². The highest BCUT2D eigenvalue weighted by atomic mass is 16.6. The molecule has 0 spiro atoms. The molecule has 4 aromatic rings. The first-order chi connectivity index (χ1) is 12.3. The minimum Gasteiger partial charge on any atom is -0.408 e. The number of oxazole rings is 2. The topological polar surface area (TPSA) is 139 Å². The standard InChI is InChI=1S/C8H6N2O4.C8H8N2O2/c1-9-6-4-5(10(12)13)2-3-7(6)14-8(9)11;1-10-6-4-5(9)2-3-7(6)12-8(10)11/h2-4H,1H3;2-4H,9H2,1H3. The van der Waals surface area contributed by atoms with Gasteiger partial charge in [0, 0.05) is 31.9 Å². The van der Waals surface area contributed by atoms with Gasteiger partial charge in [0.2, 0.25) is 0 Å². The smallest absolute Gasteiger partial charge is 0.408 e. The van der Waals surface area contributed by atoms with Crippen molar-refractivity contribution in [3.63, 3.8) is 0 Å². The number of hydrogen-bond donors (Lipinski definition) is 1. The summed E-state index contributed by atoms with van der Waals surface area (Å²) in [4.78, 5) is 32.0. The fourth-order valence-electron chi connectivity index (χ4n) is 2.37. The van der Waals surface area contributed by atoms with Gasteiger partial charge in [-0.1, -0.05) is 0 Å². The predicted octanol–water partition coefficient (Wildman–Crippen LogP) is 1.75. The predicted molar refractivity (Wildman–Crippen MR) is 94.0 cm³/mol. The van der Waals surface area contributed by atoms with Gasteiger partial charge in [-0.3, -0.25) is 19.2 Å². The Kier molecular flexibility index (Phi) is 4.08. The molecule has 26 heavy (non-hydrogen) atoms. The molecule has 2 heterocycles. The van der Waals surface area contributed by atoms with Gasteiger partial charge in [0.05, 0.1) is 16.0 Å². The van der Waals surface area contributed by atoms with E-state index >= 15 is 0 Å². The first-order valence-electron chi connectivity index (χ1n) is 7.37. The lowest BCUT2D eigenvalue weighted by Gasteiger charge is -1.92. The second kappa shape index (κ2) is 6.24. The third-order valence-electron chi connectivity index (χ3n) is 3.80. The molecule has 2 aromatic heterocycles. The highest BCUT2D eigenvalue weighted by Gasteiger charge is 2.11. The zero-order valence-electron chi connectivity index (χ0n) is 13.8. The minimum atomic E-state index is -0.527. The fraction of sp³-hybridized carbons (Fsp3) is 0.125. The van der Waals surface area contributed by atoms with E-state index in [-0.39, 0.29) is 11.4 Å². The summed E-state index contributed by atoms with van der Waals surface area (Å²) in [5.74, 6) is -0.893. The Morgan fingerprint density at radius 1 is 0.923 bits per heavy atom. The molecule has 0 unspecified atom stereocenters. The Bertz CT molecular complexity index is 1240. The summed E-state index contributed by atoms with van der Waals surface area (Å²) in [5.41, 5.74) is 8.17. The average molecular weight is 358 g/mol. The van der Waals surface area contributed by atoms with Crippen LogP contribution in [0, 0.1) is 10.1 Å². The molecule has 0 aliphatic rings. The van der Waals surface area contributed by atoms with E-state index in [1.165, 1.54) is 34.4 Å². The summed E-state index contributed by atoms with van der Waals surface area (Å²) in [5, 5.41) is 10.5. The van der Waals surface area contributed by atoms with E-state index in [4.69, 9.17) is 14.6 Å². The van der Waals surface area contributed by atoms with Crippen LogP contribution >= 0.6 is 0 Å². The van der Waals surface area contributed by atoms with Crippen LogP contribution in [0.3, 0.4) is 0 Å². The molecule has 0 radical (unpaired) electrons.